The number of hydrogen-bond acceptors (Lipinski definition) is 4. The van der Waals surface area contributed by atoms with Crippen molar-refractivity contribution in [1.82, 2.24) is 4.98 Å². The second-order valence-corrected chi connectivity index (χ2v) is 5.06. The molecule has 1 atom stereocenters. The first-order chi connectivity index (χ1) is 5.72. The van der Waals surface area contributed by atoms with Crippen LogP contribution in [0.1, 0.15) is 17.6 Å². The minimum absolute atomic E-state index is 0.245. The molecule has 0 saturated carbocycles. The summed E-state index contributed by atoms with van der Waals surface area (Å²) in [6, 6.07) is 0. The Hall–Kier alpha value is -0.0600. The Kier molecular flexibility index (Phi) is 4.05. The lowest BCUT2D eigenvalue weighted by atomic mass is 10.5. The van der Waals surface area contributed by atoms with Crippen LogP contribution in [0.25, 0.3) is 0 Å². The fourth-order valence-corrected chi connectivity index (χ4v) is 2.36. The first-order valence-corrected chi connectivity index (χ1v) is 5.78. The normalized spacial score (nSPS) is 13.2. The topological polar surface area (TPSA) is 33.1 Å². The number of rotatable bonds is 4. The van der Waals surface area contributed by atoms with Crippen molar-refractivity contribution in [3.63, 3.8) is 0 Å². The van der Waals surface area contributed by atoms with Crippen LogP contribution in [-0.2, 0) is 5.75 Å². The average molecular weight is 203 g/mol. The van der Waals surface area contributed by atoms with E-state index in [0.717, 1.165) is 16.5 Å². The zero-order valence-corrected chi connectivity index (χ0v) is 8.91. The molecule has 0 amide bonds. The number of nitrogens with zero attached hydrogens (tertiary/aromatic N) is 1. The first kappa shape index (κ1) is 10.0. The molecule has 0 aliphatic heterocycles. The molecule has 0 aliphatic carbocycles. The lowest BCUT2D eigenvalue weighted by molar-refractivity contribution is 0.300. The summed E-state index contributed by atoms with van der Waals surface area (Å²) in [5.41, 5.74) is 1.09. The summed E-state index contributed by atoms with van der Waals surface area (Å²) in [6.45, 7) is 4.26. The molecular weight excluding hydrogens is 190 g/mol. The molecule has 12 heavy (non-hydrogen) atoms. The van der Waals surface area contributed by atoms with Gasteiger partial charge in [-0.1, -0.05) is 6.92 Å². The summed E-state index contributed by atoms with van der Waals surface area (Å²) < 4.78 is 0. The average Bonchev–Trinajstić information content (AvgIpc) is 2.47. The maximum absolute atomic E-state index is 8.78. The minimum atomic E-state index is 0.245. The van der Waals surface area contributed by atoms with E-state index in [-0.39, 0.29) is 6.61 Å². The van der Waals surface area contributed by atoms with Gasteiger partial charge in [-0.05, 0) is 6.92 Å². The number of aryl methyl sites for hydroxylation is 1. The van der Waals surface area contributed by atoms with Gasteiger partial charge in [0.2, 0.25) is 0 Å². The molecule has 1 N–H and O–H groups in total. The molecule has 0 saturated heterocycles. The molecular formula is C8H13NOS2. The van der Waals surface area contributed by atoms with Crippen LogP contribution in [0.5, 0.6) is 0 Å². The van der Waals surface area contributed by atoms with Gasteiger partial charge in [-0.25, -0.2) is 4.98 Å². The lowest BCUT2D eigenvalue weighted by Crippen LogP contribution is -2.02. The Bertz CT molecular complexity index is 237. The van der Waals surface area contributed by atoms with E-state index in [2.05, 4.69) is 10.4 Å². The third-order valence-corrected chi connectivity index (χ3v) is 3.72. The van der Waals surface area contributed by atoms with Crippen molar-refractivity contribution in [2.75, 3.05) is 6.61 Å². The standard InChI is InChI=1S/C8H13NOS2/c1-6-4-12-8(9-6)5-11-7(2)3-10/h4,7,10H,3,5H2,1-2H3. The van der Waals surface area contributed by atoms with E-state index in [1.54, 1.807) is 23.1 Å². The van der Waals surface area contributed by atoms with E-state index >= 15 is 0 Å². The number of hydrogen-bond donors (Lipinski definition) is 1. The van der Waals surface area contributed by atoms with E-state index in [0.29, 0.717) is 5.25 Å². The maximum atomic E-state index is 8.78. The van der Waals surface area contributed by atoms with Crippen LogP contribution in [0.2, 0.25) is 0 Å². The quantitative estimate of drug-likeness (QED) is 0.813. The Labute approximate surface area is 81.0 Å². The monoisotopic (exact) mass is 203 g/mol. The summed E-state index contributed by atoms with van der Waals surface area (Å²) >= 11 is 3.43. The molecule has 2 nitrogen and oxygen atoms in total. The largest absolute Gasteiger partial charge is 0.395 e. The summed E-state index contributed by atoms with van der Waals surface area (Å²) in [4.78, 5) is 4.33. The molecule has 0 spiro atoms. The summed E-state index contributed by atoms with van der Waals surface area (Å²) in [5, 5.41) is 12.3. The molecule has 0 bridgehead atoms. The predicted molar refractivity (Wildman–Crippen MR) is 54.7 cm³/mol. The molecule has 4 heteroatoms. The van der Waals surface area contributed by atoms with Gasteiger partial charge in [-0.3, -0.25) is 0 Å². The van der Waals surface area contributed by atoms with Crippen LogP contribution >= 0.6 is 23.1 Å². The van der Waals surface area contributed by atoms with Crippen molar-refractivity contribution in [3.8, 4) is 0 Å². The molecule has 0 aliphatic rings. The number of thiazole rings is 1. The van der Waals surface area contributed by atoms with Gasteiger partial charge in [0.25, 0.3) is 0 Å². The van der Waals surface area contributed by atoms with Gasteiger partial charge in [0.15, 0.2) is 0 Å². The summed E-state index contributed by atoms with van der Waals surface area (Å²) in [6.07, 6.45) is 0. The number of aliphatic hydroxyl groups is 1. The summed E-state index contributed by atoms with van der Waals surface area (Å²) in [7, 11) is 0. The molecule has 0 radical (unpaired) electrons. The van der Waals surface area contributed by atoms with Gasteiger partial charge in [0, 0.05) is 22.1 Å². The fourth-order valence-electron chi connectivity index (χ4n) is 0.735. The zero-order chi connectivity index (χ0) is 8.97. The fraction of sp³-hybridized carbons (Fsp3) is 0.625. The van der Waals surface area contributed by atoms with Crippen LogP contribution in [0.15, 0.2) is 5.38 Å². The molecule has 1 heterocycles. The van der Waals surface area contributed by atoms with Crippen molar-refractivity contribution in [2.45, 2.75) is 24.9 Å². The third kappa shape index (κ3) is 3.13. The second-order valence-electron chi connectivity index (χ2n) is 2.69. The van der Waals surface area contributed by atoms with Gasteiger partial charge < -0.3 is 5.11 Å². The Morgan fingerprint density at radius 2 is 2.50 bits per heavy atom. The number of thioether (sulfide) groups is 1. The second kappa shape index (κ2) is 4.84. The van der Waals surface area contributed by atoms with E-state index in [4.69, 9.17) is 5.11 Å². The molecule has 1 unspecified atom stereocenters. The Morgan fingerprint density at radius 1 is 1.75 bits per heavy atom. The highest BCUT2D eigenvalue weighted by molar-refractivity contribution is 7.99. The predicted octanol–water partition coefficient (Wildman–Crippen LogP) is 2.07. The van der Waals surface area contributed by atoms with Crippen molar-refractivity contribution in [2.24, 2.45) is 0 Å². The summed E-state index contributed by atoms with van der Waals surface area (Å²) in [5.74, 6) is 0.917. The molecule has 0 aromatic carbocycles. The highest BCUT2D eigenvalue weighted by atomic mass is 32.2. The van der Waals surface area contributed by atoms with E-state index < -0.39 is 0 Å². The van der Waals surface area contributed by atoms with Gasteiger partial charge in [-0.15, -0.1) is 23.1 Å². The zero-order valence-electron chi connectivity index (χ0n) is 7.28. The minimum Gasteiger partial charge on any atom is -0.395 e. The van der Waals surface area contributed by atoms with Crippen LogP contribution in [0.4, 0.5) is 0 Å². The van der Waals surface area contributed by atoms with Crippen LogP contribution in [0, 0.1) is 6.92 Å². The van der Waals surface area contributed by atoms with Crippen molar-refractivity contribution in [1.29, 1.82) is 0 Å². The highest BCUT2D eigenvalue weighted by Crippen LogP contribution is 2.19. The molecule has 1 aromatic rings. The van der Waals surface area contributed by atoms with E-state index in [1.165, 1.54) is 0 Å². The van der Waals surface area contributed by atoms with Crippen LogP contribution < -0.4 is 0 Å². The molecule has 0 fully saturated rings. The van der Waals surface area contributed by atoms with Crippen molar-refractivity contribution >= 4 is 23.1 Å². The molecule has 1 aromatic heterocycles. The van der Waals surface area contributed by atoms with Crippen LogP contribution in [0.3, 0.4) is 0 Å². The van der Waals surface area contributed by atoms with Gasteiger partial charge in [-0.2, -0.15) is 0 Å². The van der Waals surface area contributed by atoms with Gasteiger partial charge >= 0.3 is 0 Å². The number of aromatic nitrogens is 1. The van der Waals surface area contributed by atoms with Crippen LogP contribution in [-0.4, -0.2) is 21.9 Å². The molecule has 1 rings (SSSR count). The van der Waals surface area contributed by atoms with Gasteiger partial charge in [0.05, 0.1) is 6.61 Å². The maximum Gasteiger partial charge on any atom is 0.103 e. The Morgan fingerprint density at radius 3 is 3.00 bits per heavy atom. The van der Waals surface area contributed by atoms with Gasteiger partial charge in [0.1, 0.15) is 5.01 Å². The van der Waals surface area contributed by atoms with E-state index in [1.807, 2.05) is 13.8 Å². The highest BCUT2D eigenvalue weighted by Gasteiger charge is 2.03. The first-order valence-electron chi connectivity index (χ1n) is 3.86. The van der Waals surface area contributed by atoms with Crippen molar-refractivity contribution < 1.29 is 5.11 Å². The smallest absolute Gasteiger partial charge is 0.103 e. The lowest BCUT2D eigenvalue weighted by Gasteiger charge is -2.04. The van der Waals surface area contributed by atoms with Crippen molar-refractivity contribution in [3.05, 3.63) is 16.1 Å². The third-order valence-electron chi connectivity index (χ3n) is 1.42. The Balaban J connectivity index is 2.33. The van der Waals surface area contributed by atoms with E-state index in [9.17, 15) is 0 Å². The molecule has 68 valence electrons. The SMILES string of the molecule is Cc1csc(CSC(C)CO)n1. The number of aliphatic hydroxyl groups excluding tert-OH is 1.